The van der Waals surface area contributed by atoms with Crippen molar-refractivity contribution in [1.29, 1.82) is 0 Å². The van der Waals surface area contributed by atoms with E-state index in [-0.39, 0.29) is 11.5 Å². The highest BCUT2D eigenvalue weighted by Gasteiger charge is 2.21. The third kappa shape index (κ3) is 3.15. The summed E-state index contributed by atoms with van der Waals surface area (Å²) >= 11 is 5.97. The molecule has 120 valence electrons. The van der Waals surface area contributed by atoms with Crippen LogP contribution in [0.4, 0.5) is 5.69 Å². The minimum Gasteiger partial charge on any atom is -0.324 e. The maximum Gasteiger partial charge on any atom is 0.267 e. The fraction of sp³-hybridized carbons (Fsp3) is 0.353. The number of carbonyl (C=O) groups excluding carboxylic acids is 1. The Bertz CT molecular complexity index is 829. The lowest BCUT2D eigenvalue weighted by molar-refractivity contribution is -0.119. The van der Waals surface area contributed by atoms with Crippen LogP contribution in [0.3, 0.4) is 0 Å². The average Bonchev–Trinajstić information content (AvgIpc) is 2.96. The zero-order valence-electron chi connectivity index (χ0n) is 13.1. The largest absolute Gasteiger partial charge is 0.324 e. The lowest BCUT2D eigenvalue weighted by atomic mass is 10.2. The number of hydrogen-bond acceptors (Lipinski definition) is 3. The Kier molecular flexibility index (Phi) is 4.22. The van der Waals surface area contributed by atoms with Crippen LogP contribution in [0.25, 0.3) is 0 Å². The van der Waals surface area contributed by atoms with E-state index in [0.717, 1.165) is 36.1 Å². The van der Waals surface area contributed by atoms with Crippen LogP contribution in [0.15, 0.2) is 29.1 Å². The van der Waals surface area contributed by atoms with Crippen molar-refractivity contribution in [1.82, 2.24) is 9.78 Å². The minimum atomic E-state index is -0.688. The Morgan fingerprint density at radius 3 is 2.91 bits per heavy atom. The van der Waals surface area contributed by atoms with E-state index in [1.165, 1.54) is 4.68 Å². The molecular weight excluding hydrogens is 314 g/mol. The quantitative estimate of drug-likeness (QED) is 0.940. The van der Waals surface area contributed by atoms with Gasteiger partial charge in [0.05, 0.1) is 5.69 Å². The fourth-order valence-corrected chi connectivity index (χ4v) is 2.94. The molecule has 0 fully saturated rings. The molecule has 1 aromatic carbocycles. The zero-order chi connectivity index (χ0) is 16.6. The molecule has 5 nitrogen and oxygen atoms in total. The predicted octanol–water partition coefficient (Wildman–Crippen LogP) is 2.89. The number of amides is 1. The molecule has 1 aromatic heterocycles. The first-order chi connectivity index (χ1) is 11.0. The van der Waals surface area contributed by atoms with Crippen LogP contribution in [0.1, 0.15) is 36.2 Å². The molecule has 0 radical (unpaired) electrons. The van der Waals surface area contributed by atoms with Gasteiger partial charge in [-0.05, 0) is 56.4 Å². The number of halogens is 1. The second kappa shape index (κ2) is 6.16. The Hall–Kier alpha value is -2.14. The van der Waals surface area contributed by atoms with Crippen molar-refractivity contribution in [2.24, 2.45) is 0 Å². The summed E-state index contributed by atoms with van der Waals surface area (Å²) in [6, 6.07) is 6.21. The van der Waals surface area contributed by atoms with Crippen molar-refractivity contribution in [2.75, 3.05) is 5.32 Å². The smallest absolute Gasteiger partial charge is 0.267 e. The number of aromatic nitrogens is 2. The molecule has 0 spiro atoms. The molecule has 0 saturated carbocycles. The number of anilines is 1. The summed E-state index contributed by atoms with van der Waals surface area (Å²) in [5, 5.41) is 7.74. The van der Waals surface area contributed by atoms with E-state index in [1.54, 1.807) is 25.1 Å². The number of fused-ring (bicyclic) bond motifs is 1. The number of carbonyl (C=O) groups is 1. The van der Waals surface area contributed by atoms with Crippen LogP contribution in [0.5, 0.6) is 0 Å². The summed E-state index contributed by atoms with van der Waals surface area (Å²) in [6.45, 7) is 3.56. The minimum absolute atomic E-state index is 0.240. The molecule has 1 heterocycles. The molecule has 1 atom stereocenters. The first-order valence-electron chi connectivity index (χ1n) is 7.64. The Balaban J connectivity index is 1.85. The fourth-order valence-electron chi connectivity index (χ4n) is 2.77. The Labute approximate surface area is 139 Å². The van der Waals surface area contributed by atoms with E-state index in [2.05, 4.69) is 10.4 Å². The third-order valence-corrected chi connectivity index (χ3v) is 4.42. The van der Waals surface area contributed by atoms with Gasteiger partial charge in [-0.25, -0.2) is 4.68 Å². The maximum absolute atomic E-state index is 12.5. The summed E-state index contributed by atoms with van der Waals surface area (Å²) in [7, 11) is 0. The normalized spacial score (nSPS) is 14.4. The maximum atomic E-state index is 12.5. The Morgan fingerprint density at radius 1 is 1.35 bits per heavy atom. The van der Waals surface area contributed by atoms with Crippen LogP contribution >= 0.6 is 11.6 Å². The standard InChI is InChI=1S/C17H18ClN3O2/c1-10-6-7-13(18)9-15(10)19-17(23)11(2)21-16(22)8-12-4-3-5-14(12)20-21/h6-9,11H,3-5H2,1-2H3,(H,19,23). The summed E-state index contributed by atoms with van der Waals surface area (Å²) < 4.78 is 1.26. The van der Waals surface area contributed by atoms with Crippen molar-refractivity contribution in [3.8, 4) is 0 Å². The van der Waals surface area contributed by atoms with Gasteiger partial charge in [0, 0.05) is 16.8 Å². The van der Waals surface area contributed by atoms with E-state index in [1.807, 2.05) is 13.0 Å². The van der Waals surface area contributed by atoms with Crippen molar-refractivity contribution in [2.45, 2.75) is 39.2 Å². The molecule has 1 N–H and O–H groups in total. The molecule has 1 amide bonds. The summed E-state index contributed by atoms with van der Waals surface area (Å²) in [5.41, 5.74) is 3.23. The zero-order valence-corrected chi connectivity index (χ0v) is 13.9. The van der Waals surface area contributed by atoms with E-state index in [0.29, 0.717) is 10.7 Å². The van der Waals surface area contributed by atoms with Crippen molar-refractivity contribution in [3.05, 3.63) is 56.5 Å². The van der Waals surface area contributed by atoms with Crippen LogP contribution in [-0.4, -0.2) is 15.7 Å². The van der Waals surface area contributed by atoms with E-state index in [4.69, 9.17) is 11.6 Å². The molecular formula is C17H18ClN3O2. The molecule has 3 rings (SSSR count). The highest BCUT2D eigenvalue weighted by Crippen LogP contribution is 2.22. The van der Waals surface area contributed by atoms with E-state index in [9.17, 15) is 9.59 Å². The SMILES string of the molecule is Cc1ccc(Cl)cc1NC(=O)C(C)n1nc2c(cc1=O)CCC2. The van der Waals surface area contributed by atoms with E-state index < -0.39 is 6.04 Å². The number of benzene rings is 1. The van der Waals surface area contributed by atoms with Crippen LogP contribution in [0, 0.1) is 6.92 Å². The van der Waals surface area contributed by atoms with Crippen molar-refractivity contribution in [3.63, 3.8) is 0 Å². The van der Waals surface area contributed by atoms with Gasteiger partial charge in [-0.3, -0.25) is 9.59 Å². The topological polar surface area (TPSA) is 64.0 Å². The van der Waals surface area contributed by atoms with E-state index >= 15 is 0 Å². The van der Waals surface area contributed by atoms with Gasteiger partial charge in [-0.1, -0.05) is 17.7 Å². The van der Waals surface area contributed by atoms with Crippen molar-refractivity contribution >= 4 is 23.2 Å². The van der Waals surface area contributed by atoms with Gasteiger partial charge in [-0.2, -0.15) is 5.10 Å². The highest BCUT2D eigenvalue weighted by molar-refractivity contribution is 6.31. The van der Waals surface area contributed by atoms with Gasteiger partial charge in [0.2, 0.25) is 5.91 Å². The molecule has 0 aliphatic heterocycles. The molecule has 2 aromatic rings. The van der Waals surface area contributed by atoms with Gasteiger partial charge >= 0.3 is 0 Å². The monoisotopic (exact) mass is 331 g/mol. The lowest BCUT2D eigenvalue weighted by Crippen LogP contribution is -2.34. The molecule has 1 aliphatic carbocycles. The van der Waals surface area contributed by atoms with Crippen LogP contribution in [-0.2, 0) is 17.6 Å². The van der Waals surface area contributed by atoms with Gasteiger partial charge in [0.15, 0.2) is 0 Å². The molecule has 6 heteroatoms. The van der Waals surface area contributed by atoms with Crippen LogP contribution in [0.2, 0.25) is 5.02 Å². The number of hydrogen-bond donors (Lipinski definition) is 1. The number of aryl methyl sites for hydroxylation is 3. The number of rotatable bonds is 3. The van der Waals surface area contributed by atoms with Crippen LogP contribution < -0.4 is 10.9 Å². The predicted molar refractivity (Wildman–Crippen MR) is 90.1 cm³/mol. The number of nitrogens with one attached hydrogen (secondary N) is 1. The second-order valence-corrected chi connectivity index (χ2v) is 6.31. The lowest BCUT2D eigenvalue weighted by Gasteiger charge is -2.16. The third-order valence-electron chi connectivity index (χ3n) is 4.19. The molecule has 0 bridgehead atoms. The average molecular weight is 332 g/mol. The van der Waals surface area contributed by atoms with Gasteiger partial charge in [-0.15, -0.1) is 0 Å². The molecule has 1 unspecified atom stereocenters. The van der Waals surface area contributed by atoms with Crippen molar-refractivity contribution < 1.29 is 4.79 Å². The first-order valence-corrected chi connectivity index (χ1v) is 8.02. The van der Waals surface area contributed by atoms with Gasteiger partial charge < -0.3 is 5.32 Å². The molecule has 0 saturated heterocycles. The highest BCUT2D eigenvalue weighted by atomic mass is 35.5. The summed E-state index contributed by atoms with van der Waals surface area (Å²) in [5.74, 6) is -0.289. The first kappa shape index (κ1) is 15.7. The van der Waals surface area contributed by atoms with Gasteiger partial charge in [0.25, 0.3) is 5.56 Å². The van der Waals surface area contributed by atoms with Gasteiger partial charge in [0.1, 0.15) is 6.04 Å². The summed E-state index contributed by atoms with van der Waals surface area (Å²) in [4.78, 5) is 24.7. The Morgan fingerprint density at radius 2 is 2.13 bits per heavy atom. The molecule has 23 heavy (non-hydrogen) atoms. The number of nitrogens with zero attached hydrogens (tertiary/aromatic N) is 2. The summed E-state index contributed by atoms with van der Waals surface area (Å²) in [6.07, 6.45) is 2.76. The second-order valence-electron chi connectivity index (χ2n) is 5.88. The molecule has 1 aliphatic rings.